The molecule has 1 aliphatic heterocycles. The lowest BCUT2D eigenvalue weighted by molar-refractivity contribution is 0.0568. The minimum atomic E-state index is -0.0251. The zero-order valence-corrected chi connectivity index (χ0v) is 12.0. The third kappa shape index (κ3) is 3.48. The second-order valence-electron chi connectivity index (χ2n) is 5.12. The van der Waals surface area contributed by atoms with E-state index in [4.69, 9.17) is 5.11 Å². The summed E-state index contributed by atoms with van der Waals surface area (Å²) in [5.41, 5.74) is 1.40. The fraction of sp³-hybridized carbons (Fsp3) is 0.600. The van der Waals surface area contributed by atoms with Gasteiger partial charge in [-0.2, -0.15) is 0 Å². The first kappa shape index (κ1) is 14.8. The molecular formula is C15H23N3O2. The molecular weight excluding hydrogens is 254 g/mol. The summed E-state index contributed by atoms with van der Waals surface area (Å²) in [6.45, 7) is 3.72. The number of pyridine rings is 1. The van der Waals surface area contributed by atoms with Crippen molar-refractivity contribution in [3.8, 4) is 0 Å². The number of amides is 1. The third-order valence-corrected chi connectivity index (χ3v) is 3.71. The van der Waals surface area contributed by atoms with Crippen LogP contribution in [0.5, 0.6) is 0 Å². The van der Waals surface area contributed by atoms with Crippen LogP contribution in [0.25, 0.3) is 0 Å². The molecule has 1 aromatic rings. The fourth-order valence-corrected chi connectivity index (χ4v) is 2.73. The maximum atomic E-state index is 12.6. The van der Waals surface area contributed by atoms with Gasteiger partial charge in [0.2, 0.25) is 0 Å². The van der Waals surface area contributed by atoms with E-state index in [-0.39, 0.29) is 18.6 Å². The number of hydrogen-bond donors (Lipinski definition) is 2. The molecule has 1 unspecified atom stereocenters. The standard InChI is InChI=1S/C15H23N3O2/c1-2-16-12-6-8-17-14(11-12)15(20)18-9-4-3-5-13(18)7-10-19/h6,8,11,13,19H,2-5,7,9-10H2,1H3,(H,16,17). The Hall–Kier alpha value is -1.62. The Morgan fingerprint density at radius 2 is 2.40 bits per heavy atom. The van der Waals surface area contributed by atoms with E-state index in [0.29, 0.717) is 12.1 Å². The van der Waals surface area contributed by atoms with E-state index < -0.39 is 0 Å². The Kier molecular flexibility index (Phi) is 5.35. The summed E-state index contributed by atoms with van der Waals surface area (Å²) in [5.74, 6) is -0.0251. The maximum absolute atomic E-state index is 12.6. The summed E-state index contributed by atoms with van der Waals surface area (Å²) in [4.78, 5) is 18.7. The molecule has 5 heteroatoms. The van der Waals surface area contributed by atoms with Crippen molar-refractivity contribution in [3.05, 3.63) is 24.0 Å². The zero-order chi connectivity index (χ0) is 14.4. The molecule has 2 rings (SSSR count). The van der Waals surface area contributed by atoms with E-state index in [0.717, 1.165) is 38.0 Å². The van der Waals surface area contributed by atoms with Crippen molar-refractivity contribution in [3.63, 3.8) is 0 Å². The number of hydrogen-bond acceptors (Lipinski definition) is 4. The Balaban J connectivity index is 2.13. The molecule has 0 bridgehead atoms. The van der Waals surface area contributed by atoms with Crippen molar-refractivity contribution in [2.75, 3.05) is 25.0 Å². The Labute approximate surface area is 120 Å². The topological polar surface area (TPSA) is 65.5 Å². The Morgan fingerprint density at radius 3 is 3.15 bits per heavy atom. The lowest BCUT2D eigenvalue weighted by atomic mass is 9.99. The fourth-order valence-electron chi connectivity index (χ4n) is 2.73. The van der Waals surface area contributed by atoms with Crippen molar-refractivity contribution in [2.24, 2.45) is 0 Å². The van der Waals surface area contributed by atoms with Crippen LogP contribution >= 0.6 is 0 Å². The first-order valence-electron chi connectivity index (χ1n) is 7.38. The lowest BCUT2D eigenvalue weighted by Crippen LogP contribution is -2.44. The minimum absolute atomic E-state index is 0.0251. The number of piperidine rings is 1. The zero-order valence-electron chi connectivity index (χ0n) is 12.0. The number of aromatic nitrogens is 1. The number of nitrogens with zero attached hydrogens (tertiary/aromatic N) is 2. The first-order chi connectivity index (χ1) is 9.76. The maximum Gasteiger partial charge on any atom is 0.272 e. The second kappa shape index (κ2) is 7.24. The van der Waals surface area contributed by atoms with E-state index >= 15 is 0 Å². The highest BCUT2D eigenvalue weighted by atomic mass is 16.3. The minimum Gasteiger partial charge on any atom is -0.396 e. The van der Waals surface area contributed by atoms with Crippen LogP contribution in [0, 0.1) is 0 Å². The van der Waals surface area contributed by atoms with Gasteiger partial charge in [0.25, 0.3) is 5.91 Å². The number of nitrogens with one attached hydrogen (secondary N) is 1. The molecule has 0 aliphatic carbocycles. The van der Waals surface area contributed by atoms with Gasteiger partial charge in [-0.25, -0.2) is 0 Å². The largest absolute Gasteiger partial charge is 0.396 e. The van der Waals surface area contributed by atoms with E-state index in [1.807, 2.05) is 17.9 Å². The molecule has 1 amide bonds. The summed E-state index contributed by atoms with van der Waals surface area (Å²) >= 11 is 0. The molecule has 2 N–H and O–H groups in total. The van der Waals surface area contributed by atoms with Crippen molar-refractivity contribution in [2.45, 2.75) is 38.6 Å². The van der Waals surface area contributed by atoms with Crippen molar-refractivity contribution in [1.82, 2.24) is 9.88 Å². The monoisotopic (exact) mass is 277 g/mol. The highest BCUT2D eigenvalue weighted by Crippen LogP contribution is 2.22. The molecule has 1 aliphatic rings. The summed E-state index contributed by atoms with van der Waals surface area (Å²) in [7, 11) is 0. The quantitative estimate of drug-likeness (QED) is 0.862. The van der Waals surface area contributed by atoms with Gasteiger partial charge in [-0.1, -0.05) is 0 Å². The number of anilines is 1. The molecule has 0 aromatic carbocycles. The molecule has 1 fully saturated rings. The molecule has 0 spiro atoms. The van der Waals surface area contributed by atoms with E-state index in [1.165, 1.54) is 0 Å². The molecule has 5 nitrogen and oxygen atoms in total. The van der Waals surface area contributed by atoms with Gasteiger partial charge in [-0.05, 0) is 44.7 Å². The van der Waals surface area contributed by atoms with Crippen molar-refractivity contribution in [1.29, 1.82) is 0 Å². The van der Waals surface area contributed by atoms with Gasteiger partial charge >= 0.3 is 0 Å². The Bertz CT molecular complexity index is 448. The Morgan fingerprint density at radius 1 is 1.55 bits per heavy atom. The van der Waals surface area contributed by atoms with Gasteiger partial charge in [-0.15, -0.1) is 0 Å². The molecule has 1 saturated heterocycles. The summed E-state index contributed by atoms with van der Waals surface area (Å²) in [6, 6.07) is 3.81. The van der Waals surface area contributed by atoms with Gasteiger partial charge in [0.1, 0.15) is 5.69 Å². The van der Waals surface area contributed by atoms with E-state index in [9.17, 15) is 4.79 Å². The summed E-state index contributed by atoms with van der Waals surface area (Å²) < 4.78 is 0. The van der Waals surface area contributed by atoms with E-state index in [1.54, 1.807) is 12.3 Å². The predicted octanol–water partition coefficient (Wildman–Crippen LogP) is 1.89. The SMILES string of the molecule is CCNc1ccnc(C(=O)N2CCCCC2CCO)c1. The summed E-state index contributed by atoms with van der Waals surface area (Å²) in [5, 5.41) is 12.3. The van der Waals surface area contributed by atoms with Crippen molar-refractivity contribution >= 4 is 11.6 Å². The smallest absolute Gasteiger partial charge is 0.272 e. The van der Waals surface area contributed by atoms with Gasteiger partial charge in [0, 0.05) is 37.6 Å². The van der Waals surface area contributed by atoms with Crippen LogP contribution in [0.1, 0.15) is 43.1 Å². The van der Waals surface area contributed by atoms with Crippen LogP contribution in [0.2, 0.25) is 0 Å². The van der Waals surface area contributed by atoms with Crippen LogP contribution in [-0.4, -0.2) is 46.6 Å². The average molecular weight is 277 g/mol. The molecule has 0 radical (unpaired) electrons. The van der Waals surface area contributed by atoms with Gasteiger partial charge in [-0.3, -0.25) is 9.78 Å². The molecule has 20 heavy (non-hydrogen) atoms. The molecule has 1 atom stereocenters. The highest BCUT2D eigenvalue weighted by Gasteiger charge is 2.27. The lowest BCUT2D eigenvalue weighted by Gasteiger charge is -2.35. The number of aliphatic hydroxyl groups excluding tert-OH is 1. The van der Waals surface area contributed by atoms with Crippen LogP contribution in [0.15, 0.2) is 18.3 Å². The highest BCUT2D eigenvalue weighted by molar-refractivity contribution is 5.93. The number of likely N-dealkylation sites (tertiary alicyclic amines) is 1. The van der Waals surface area contributed by atoms with Crippen LogP contribution < -0.4 is 5.32 Å². The predicted molar refractivity (Wildman–Crippen MR) is 78.8 cm³/mol. The van der Waals surface area contributed by atoms with E-state index in [2.05, 4.69) is 10.3 Å². The number of carbonyl (C=O) groups is 1. The third-order valence-electron chi connectivity index (χ3n) is 3.71. The molecule has 110 valence electrons. The van der Waals surface area contributed by atoms with Gasteiger partial charge in [0.05, 0.1) is 0 Å². The first-order valence-corrected chi connectivity index (χ1v) is 7.38. The van der Waals surface area contributed by atoms with Crippen molar-refractivity contribution < 1.29 is 9.90 Å². The van der Waals surface area contributed by atoms with Gasteiger partial charge in [0.15, 0.2) is 0 Å². The molecule has 1 aromatic heterocycles. The normalized spacial score (nSPS) is 18.9. The van der Waals surface area contributed by atoms with Crippen LogP contribution in [-0.2, 0) is 0 Å². The van der Waals surface area contributed by atoms with Crippen LogP contribution in [0.3, 0.4) is 0 Å². The summed E-state index contributed by atoms with van der Waals surface area (Å²) in [6.07, 6.45) is 5.44. The molecule has 2 heterocycles. The second-order valence-corrected chi connectivity index (χ2v) is 5.12. The number of rotatable bonds is 5. The number of aliphatic hydroxyl groups is 1. The number of carbonyl (C=O) groups excluding carboxylic acids is 1. The molecule has 0 saturated carbocycles. The van der Waals surface area contributed by atoms with Gasteiger partial charge < -0.3 is 15.3 Å². The average Bonchev–Trinajstić information content (AvgIpc) is 2.48. The van der Waals surface area contributed by atoms with Crippen LogP contribution in [0.4, 0.5) is 5.69 Å².